The number of carbonyl (C=O) groups is 2. The third-order valence-corrected chi connectivity index (χ3v) is 5.06. The van der Waals surface area contributed by atoms with Crippen LogP contribution in [-0.4, -0.2) is 23.3 Å². The van der Waals surface area contributed by atoms with Crippen molar-refractivity contribution in [2.75, 3.05) is 6.54 Å². The Hall–Kier alpha value is -3.11. The summed E-state index contributed by atoms with van der Waals surface area (Å²) in [6, 6.07) is 25.6. The average Bonchev–Trinajstić information content (AvgIpc) is 2.76. The van der Waals surface area contributed by atoms with Gasteiger partial charge in [-0.2, -0.15) is 0 Å². The highest BCUT2D eigenvalue weighted by atomic mass is 35.5. The molecule has 5 heteroatoms. The van der Waals surface area contributed by atoms with Crippen molar-refractivity contribution >= 4 is 23.4 Å². The highest BCUT2D eigenvalue weighted by molar-refractivity contribution is 6.30. The summed E-state index contributed by atoms with van der Waals surface area (Å²) in [5.41, 5.74) is 2.60. The number of amides is 2. The molecule has 0 aliphatic rings. The first kappa shape index (κ1) is 21.6. The molecule has 0 radical (unpaired) electrons. The van der Waals surface area contributed by atoms with Gasteiger partial charge in [0, 0.05) is 18.1 Å². The number of carbonyl (C=O) groups excluding carboxylic acids is 2. The molecular weight excluding hydrogens is 396 g/mol. The van der Waals surface area contributed by atoms with Gasteiger partial charge in [0.1, 0.15) is 6.04 Å². The Morgan fingerprint density at radius 3 is 2.07 bits per heavy atom. The molecule has 1 atom stereocenters. The van der Waals surface area contributed by atoms with Gasteiger partial charge in [0.05, 0.1) is 6.42 Å². The van der Waals surface area contributed by atoms with Gasteiger partial charge in [0.2, 0.25) is 11.8 Å². The molecule has 0 aromatic heterocycles. The zero-order valence-electron chi connectivity index (χ0n) is 16.9. The maximum atomic E-state index is 13.4. The van der Waals surface area contributed by atoms with Gasteiger partial charge in [-0.25, -0.2) is 0 Å². The Labute approximate surface area is 182 Å². The first-order chi connectivity index (χ1) is 14.6. The minimum atomic E-state index is -0.717. The number of nitrogens with zero attached hydrogens (tertiary/aromatic N) is 1. The minimum Gasteiger partial charge on any atom is -0.354 e. The van der Waals surface area contributed by atoms with Gasteiger partial charge in [-0.3, -0.25) is 9.59 Å². The van der Waals surface area contributed by atoms with E-state index in [0.29, 0.717) is 18.1 Å². The van der Waals surface area contributed by atoms with E-state index < -0.39 is 6.04 Å². The molecule has 0 saturated heterocycles. The zero-order valence-corrected chi connectivity index (χ0v) is 17.7. The van der Waals surface area contributed by atoms with Crippen LogP contribution in [0.4, 0.5) is 0 Å². The molecule has 3 rings (SSSR count). The lowest BCUT2D eigenvalue weighted by molar-refractivity contribution is -0.141. The lowest BCUT2D eigenvalue weighted by Crippen LogP contribution is -2.44. The van der Waals surface area contributed by atoms with E-state index in [1.54, 1.807) is 17.0 Å². The number of benzene rings is 3. The maximum absolute atomic E-state index is 13.4. The molecule has 0 unspecified atom stereocenters. The molecule has 154 valence electrons. The van der Waals surface area contributed by atoms with Crippen LogP contribution >= 0.6 is 11.6 Å². The monoisotopic (exact) mass is 420 g/mol. The fourth-order valence-corrected chi connectivity index (χ4v) is 3.49. The van der Waals surface area contributed by atoms with Crippen LogP contribution in [0, 0.1) is 0 Å². The molecule has 3 aromatic carbocycles. The van der Waals surface area contributed by atoms with Gasteiger partial charge in [-0.05, 0) is 35.7 Å². The summed E-state index contributed by atoms with van der Waals surface area (Å²) >= 11 is 5.98. The Kier molecular flexibility index (Phi) is 7.63. The van der Waals surface area contributed by atoms with Crippen molar-refractivity contribution in [1.29, 1.82) is 0 Å². The third kappa shape index (κ3) is 5.71. The quantitative estimate of drug-likeness (QED) is 0.569. The highest BCUT2D eigenvalue weighted by Gasteiger charge is 2.31. The van der Waals surface area contributed by atoms with E-state index in [-0.39, 0.29) is 18.2 Å². The summed E-state index contributed by atoms with van der Waals surface area (Å²) in [7, 11) is 0. The van der Waals surface area contributed by atoms with Gasteiger partial charge in [-0.1, -0.05) is 84.4 Å². The Bertz CT molecular complexity index is 959. The summed E-state index contributed by atoms with van der Waals surface area (Å²) < 4.78 is 0. The van der Waals surface area contributed by atoms with Gasteiger partial charge in [0.15, 0.2) is 0 Å². The molecule has 2 amide bonds. The number of nitrogens with one attached hydrogen (secondary N) is 1. The fraction of sp³-hybridized carbons (Fsp3) is 0.200. The molecule has 1 N–H and O–H groups in total. The van der Waals surface area contributed by atoms with Crippen LogP contribution in [-0.2, 0) is 22.6 Å². The van der Waals surface area contributed by atoms with E-state index in [4.69, 9.17) is 11.6 Å². The first-order valence-electron chi connectivity index (χ1n) is 9.99. The van der Waals surface area contributed by atoms with Gasteiger partial charge in [0.25, 0.3) is 0 Å². The topological polar surface area (TPSA) is 49.4 Å². The second-order valence-electron chi connectivity index (χ2n) is 7.02. The lowest BCUT2D eigenvalue weighted by atomic mass is 10.0. The van der Waals surface area contributed by atoms with Crippen LogP contribution in [0.25, 0.3) is 0 Å². The smallest absolute Gasteiger partial charge is 0.247 e. The van der Waals surface area contributed by atoms with E-state index in [2.05, 4.69) is 5.32 Å². The number of rotatable bonds is 8. The molecule has 0 heterocycles. The molecule has 0 spiro atoms. The highest BCUT2D eigenvalue weighted by Crippen LogP contribution is 2.25. The van der Waals surface area contributed by atoms with Crippen molar-refractivity contribution in [2.45, 2.75) is 25.9 Å². The SMILES string of the molecule is CCNC(=O)[C@H](c1ccccc1)N(Cc1ccccc1)C(=O)Cc1ccc(Cl)cc1. The second-order valence-corrected chi connectivity index (χ2v) is 7.45. The minimum absolute atomic E-state index is 0.124. The zero-order chi connectivity index (χ0) is 21.3. The van der Waals surface area contributed by atoms with E-state index in [1.165, 1.54) is 0 Å². The average molecular weight is 421 g/mol. The van der Waals surface area contributed by atoms with Crippen molar-refractivity contribution in [3.05, 3.63) is 107 Å². The van der Waals surface area contributed by atoms with Crippen LogP contribution < -0.4 is 5.32 Å². The summed E-state index contributed by atoms with van der Waals surface area (Å²) in [5, 5.41) is 3.51. The van der Waals surface area contributed by atoms with Crippen molar-refractivity contribution in [2.24, 2.45) is 0 Å². The van der Waals surface area contributed by atoms with E-state index in [0.717, 1.165) is 16.7 Å². The summed E-state index contributed by atoms with van der Waals surface area (Å²) in [6.45, 7) is 2.70. The van der Waals surface area contributed by atoms with Crippen LogP contribution in [0.2, 0.25) is 5.02 Å². The largest absolute Gasteiger partial charge is 0.354 e. The Balaban J connectivity index is 1.97. The van der Waals surface area contributed by atoms with E-state index >= 15 is 0 Å². The van der Waals surface area contributed by atoms with E-state index in [1.807, 2.05) is 79.7 Å². The normalized spacial score (nSPS) is 11.5. The lowest BCUT2D eigenvalue weighted by Gasteiger charge is -2.31. The van der Waals surface area contributed by atoms with Crippen molar-refractivity contribution < 1.29 is 9.59 Å². The molecule has 0 aliphatic carbocycles. The van der Waals surface area contributed by atoms with Crippen molar-refractivity contribution in [3.8, 4) is 0 Å². The Morgan fingerprint density at radius 2 is 1.47 bits per heavy atom. The van der Waals surface area contributed by atoms with Crippen LogP contribution in [0.1, 0.15) is 29.7 Å². The molecule has 4 nitrogen and oxygen atoms in total. The van der Waals surface area contributed by atoms with Crippen LogP contribution in [0.3, 0.4) is 0 Å². The molecule has 0 saturated carbocycles. The summed E-state index contributed by atoms with van der Waals surface area (Å²) in [5.74, 6) is -0.314. The second kappa shape index (κ2) is 10.6. The summed E-state index contributed by atoms with van der Waals surface area (Å²) in [6.07, 6.45) is 0.187. The number of likely N-dealkylation sites (N-methyl/N-ethyl adjacent to an activating group) is 1. The third-order valence-electron chi connectivity index (χ3n) is 4.81. The van der Waals surface area contributed by atoms with Gasteiger partial charge >= 0.3 is 0 Å². The number of hydrogen-bond acceptors (Lipinski definition) is 2. The van der Waals surface area contributed by atoms with E-state index in [9.17, 15) is 9.59 Å². The maximum Gasteiger partial charge on any atom is 0.247 e. The molecule has 0 fully saturated rings. The molecule has 30 heavy (non-hydrogen) atoms. The number of hydrogen-bond donors (Lipinski definition) is 1. The first-order valence-corrected chi connectivity index (χ1v) is 10.4. The standard InChI is InChI=1S/C25H25ClN2O2/c1-2-27-25(30)24(21-11-7-4-8-12-21)28(18-20-9-5-3-6-10-20)23(29)17-19-13-15-22(26)16-14-19/h3-16,24H,2,17-18H2,1H3,(H,27,30)/t24-/m0/s1. The van der Waals surface area contributed by atoms with Crippen molar-refractivity contribution in [1.82, 2.24) is 10.2 Å². The molecule has 0 bridgehead atoms. The number of halogens is 1. The van der Waals surface area contributed by atoms with Gasteiger partial charge in [-0.15, -0.1) is 0 Å². The predicted octanol–water partition coefficient (Wildman–Crippen LogP) is 4.79. The molecule has 3 aromatic rings. The summed E-state index contributed by atoms with van der Waals surface area (Å²) in [4.78, 5) is 28.1. The van der Waals surface area contributed by atoms with Gasteiger partial charge < -0.3 is 10.2 Å². The molecular formula is C25H25ClN2O2. The van der Waals surface area contributed by atoms with Crippen LogP contribution in [0.5, 0.6) is 0 Å². The van der Waals surface area contributed by atoms with Crippen LogP contribution in [0.15, 0.2) is 84.9 Å². The predicted molar refractivity (Wildman–Crippen MR) is 120 cm³/mol. The Morgan fingerprint density at radius 1 is 0.867 bits per heavy atom. The molecule has 0 aliphatic heterocycles. The van der Waals surface area contributed by atoms with Crippen molar-refractivity contribution in [3.63, 3.8) is 0 Å². The fourth-order valence-electron chi connectivity index (χ4n) is 3.36.